The second-order valence-corrected chi connectivity index (χ2v) is 6.88. The van der Waals surface area contributed by atoms with Gasteiger partial charge < -0.3 is 25.8 Å². The average Bonchev–Trinajstić information content (AvgIpc) is 3.07. The third-order valence-electron chi connectivity index (χ3n) is 3.97. The van der Waals surface area contributed by atoms with E-state index in [1.165, 1.54) is 7.05 Å². The molecule has 1 heterocycles. The number of benzene rings is 2. The number of carboxylic acid groups (broad SMARTS) is 1. The van der Waals surface area contributed by atoms with Crippen LogP contribution in [-0.4, -0.2) is 51.5 Å². The number of anilines is 3. The molecule has 1 aromatic heterocycles. The van der Waals surface area contributed by atoms with Crippen molar-refractivity contribution >= 4 is 46.9 Å². The smallest absolute Gasteiger partial charge is 0.407 e. The van der Waals surface area contributed by atoms with Gasteiger partial charge in [-0.3, -0.25) is 0 Å². The molecule has 3 rings (SSSR count). The lowest BCUT2D eigenvalue weighted by Crippen LogP contribution is -2.29. The zero-order chi connectivity index (χ0) is 21.0. The number of hydrogen-bond donors (Lipinski definition) is 4. The van der Waals surface area contributed by atoms with Gasteiger partial charge in [0.25, 0.3) is 0 Å². The normalized spacial score (nSPS) is 10.6. The van der Waals surface area contributed by atoms with Crippen LogP contribution in [0.15, 0.2) is 36.4 Å². The van der Waals surface area contributed by atoms with Crippen LogP contribution in [0.3, 0.4) is 0 Å². The van der Waals surface area contributed by atoms with Gasteiger partial charge in [0.1, 0.15) is 12.4 Å². The summed E-state index contributed by atoms with van der Waals surface area (Å²) in [6, 6.07) is 10.6. The molecule has 29 heavy (non-hydrogen) atoms. The molecule has 5 N–H and O–H groups in total. The fourth-order valence-electron chi connectivity index (χ4n) is 2.49. The van der Waals surface area contributed by atoms with Crippen molar-refractivity contribution in [2.75, 3.05) is 31.2 Å². The van der Waals surface area contributed by atoms with E-state index in [1.54, 1.807) is 24.3 Å². The summed E-state index contributed by atoms with van der Waals surface area (Å²) in [4.78, 5) is 15.9. The largest absolute Gasteiger partial charge is 0.492 e. The molecule has 0 spiro atoms. The van der Waals surface area contributed by atoms with E-state index >= 15 is 0 Å². The number of nitrogens with two attached hydrogens (primary N) is 1. The van der Waals surface area contributed by atoms with Crippen LogP contribution in [0.4, 0.5) is 22.4 Å². The van der Waals surface area contributed by atoms with Gasteiger partial charge in [0.05, 0.1) is 16.6 Å². The molecule has 152 valence electrons. The van der Waals surface area contributed by atoms with Crippen LogP contribution >= 0.6 is 23.2 Å². The van der Waals surface area contributed by atoms with Crippen molar-refractivity contribution in [2.45, 2.75) is 0 Å². The number of aromatic nitrogens is 3. The van der Waals surface area contributed by atoms with Crippen molar-refractivity contribution in [2.24, 2.45) is 0 Å². The zero-order valence-corrected chi connectivity index (χ0v) is 16.8. The maximum atomic E-state index is 10.8. The Morgan fingerprint density at radius 2 is 1.93 bits per heavy atom. The van der Waals surface area contributed by atoms with Crippen molar-refractivity contribution < 1.29 is 14.6 Å². The van der Waals surface area contributed by atoms with Crippen LogP contribution in [-0.2, 0) is 0 Å². The SMILES string of the molecule is CN(CCOc1ccc(-c2c(Cl)cc(Nc3n[nH]c(N)n3)cc2Cl)cc1)C(=O)O. The molecule has 0 atom stereocenters. The molecule has 9 nitrogen and oxygen atoms in total. The van der Waals surface area contributed by atoms with Crippen molar-refractivity contribution in [1.29, 1.82) is 0 Å². The van der Waals surface area contributed by atoms with E-state index in [0.29, 0.717) is 33.0 Å². The molecule has 2 aromatic carbocycles. The van der Waals surface area contributed by atoms with Crippen LogP contribution in [0.1, 0.15) is 0 Å². The Morgan fingerprint density at radius 3 is 2.48 bits per heavy atom. The quantitative estimate of drug-likeness (QED) is 0.438. The summed E-state index contributed by atoms with van der Waals surface area (Å²) >= 11 is 12.9. The molecular formula is C18H18Cl2N6O3. The Hall–Kier alpha value is -3.17. The number of rotatable bonds is 7. The van der Waals surface area contributed by atoms with Gasteiger partial charge in [-0.15, -0.1) is 5.10 Å². The summed E-state index contributed by atoms with van der Waals surface area (Å²) < 4.78 is 5.56. The summed E-state index contributed by atoms with van der Waals surface area (Å²) in [5, 5.41) is 19.1. The maximum absolute atomic E-state index is 10.8. The number of halogens is 2. The predicted molar refractivity (Wildman–Crippen MR) is 112 cm³/mol. The molecule has 0 aliphatic rings. The van der Waals surface area contributed by atoms with E-state index in [4.69, 9.17) is 38.8 Å². The van der Waals surface area contributed by atoms with E-state index in [2.05, 4.69) is 20.5 Å². The molecule has 0 fully saturated rings. The Morgan fingerprint density at radius 1 is 1.28 bits per heavy atom. The Labute approximate surface area is 176 Å². The molecule has 0 aliphatic heterocycles. The fourth-order valence-corrected chi connectivity index (χ4v) is 3.20. The van der Waals surface area contributed by atoms with Crippen LogP contribution in [0.5, 0.6) is 5.75 Å². The predicted octanol–water partition coefficient (Wildman–Crippen LogP) is 4.09. The van der Waals surface area contributed by atoms with E-state index in [0.717, 1.165) is 10.5 Å². The number of likely N-dealkylation sites (N-methyl/N-ethyl adjacent to an activating group) is 1. The van der Waals surface area contributed by atoms with Crippen molar-refractivity contribution in [3.8, 4) is 16.9 Å². The number of aromatic amines is 1. The number of nitrogen functional groups attached to an aromatic ring is 1. The van der Waals surface area contributed by atoms with Gasteiger partial charge in [-0.25, -0.2) is 9.89 Å². The highest BCUT2D eigenvalue weighted by atomic mass is 35.5. The molecule has 0 bridgehead atoms. The summed E-state index contributed by atoms with van der Waals surface area (Å²) in [7, 11) is 1.48. The summed E-state index contributed by atoms with van der Waals surface area (Å²) in [5.41, 5.74) is 7.60. The summed E-state index contributed by atoms with van der Waals surface area (Å²) in [6.07, 6.45) is -1.00. The minimum Gasteiger partial charge on any atom is -0.492 e. The monoisotopic (exact) mass is 436 g/mol. The van der Waals surface area contributed by atoms with Gasteiger partial charge in [-0.1, -0.05) is 35.3 Å². The topological polar surface area (TPSA) is 129 Å². The number of amides is 1. The highest BCUT2D eigenvalue weighted by Crippen LogP contribution is 2.38. The van der Waals surface area contributed by atoms with E-state index in [1.807, 2.05) is 12.1 Å². The lowest BCUT2D eigenvalue weighted by atomic mass is 10.0. The first-order chi connectivity index (χ1) is 13.8. The lowest BCUT2D eigenvalue weighted by Gasteiger charge is -2.14. The second kappa shape index (κ2) is 8.89. The standard InChI is InChI=1S/C18H18Cl2N6O3/c1-26(18(27)28)6-7-29-12-4-2-10(3-5-12)15-13(19)8-11(9-14(15)20)22-17-23-16(21)24-25-17/h2-5,8-9H,6-7H2,1H3,(H,27,28)(H4,21,22,23,24,25). The maximum Gasteiger partial charge on any atom is 0.407 e. The first kappa shape index (κ1) is 20.6. The molecule has 0 aliphatic carbocycles. The highest BCUT2D eigenvalue weighted by molar-refractivity contribution is 6.39. The van der Waals surface area contributed by atoms with Gasteiger partial charge in [-0.05, 0) is 29.8 Å². The number of ether oxygens (including phenoxy) is 1. The molecule has 0 saturated carbocycles. The molecule has 1 amide bonds. The second-order valence-electron chi connectivity index (χ2n) is 6.06. The first-order valence-corrected chi connectivity index (χ1v) is 9.20. The van der Waals surface area contributed by atoms with Crippen molar-refractivity contribution in [3.63, 3.8) is 0 Å². The number of carbonyl (C=O) groups is 1. The van der Waals surface area contributed by atoms with Gasteiger partial charge in [-0.2, -0.15) is 4.98 Å². The highest BCUT2D eigenvalue weighted by Gasteiger charge is 2.12. The summed E-state index contributed by atoms with van der Waals surface area (Å²) in [5.74, 6) is 1.11. The van der Waals surface area contributed by atoms with Crippen molar-refractivity contribution in [1.82, 2.24) is 20.1 Å². The zero-order valence-electron chi connectivity index (χ0n) is 15.3. The minimum absolute atomic E-state index is 0.193. The summed E-state index contributed by atoms with van der Waals surface area (Å²) in [6.45, 7) is 0.509. The van der Waals surface area contributed by atoms with Crippen LogP contribution in [0, 0.1) is 0 Å². The molecular weight excluding hydrogens is 419 g/mol. The molecule has 3 aromatic rings. The van der Waals surface area contributed by atoms with Crippen molar-refractivity contribution in [3.05, 3.63) is 46.4 Å². The lowest BCUT2D eigenvalue weighted by molar-refractivity contribution is 0.147. The molecule has 0 radical (unpaired) electrons. The van der Waals surface area contributed by atoms with E-state index in [9.17, 15) is 4.79 Å². The molecule has 0 unspecified atom stereocenters. The Bertz CT molecular complexity index is 986. The molecule has 0 saturated heterocycles. The van der Waals surface area contributed by atoms with Crippen LogP contribution in [0.2, 0.25) is 10.0 Å². The Balaban J connectivity index is 1.70. The third-order valence-corrected chi connectivity index (χ3v) is 4.56. The number of nitrogens with zero attached hydrogens (tertiary/aromatic N) is 3. The average molecular weight is 437 g/mol. The first-order valence-electron chi connectivity index (χ1n) is 8.44. The fraction of sp³-hybridized carbons (Fsp3) is 0.167. The Kier molecular flexibility index (Phi) is 6.30. The third kappa shape index (κ3) is 5.21. The van der Waals surface area contributed by atoms with E-state index < -0.39 is 6.09 Å². The van der Waals surface area contributed by atoms with Gasteiger partial charge in [0.15, 0.2) is 0 Å². The van der Waals surface area contributed by atoms with Gasteiger partial charge in [0, 0.05) is 18.3 Å². The van der Waals surface area contributed by atoms with Gasteiger partial charge in [0.2, 0.25) is 11.9 Å². The number of hydrogen-bond acceptors (Lipinski definition) is 6. The van der Waals surface area contributed by atoms with Crippen LogP contribution < -0.4 is 15.8 Å². The number of H-pyrrole nitrogens is 1. The van der Waals surface area contributed by atoms with Gasteiger partial charge >= 0.3 is 6.09 Å². The van der Waals surface area contributed by atoms with E-state index in [-0.39, 0.29) is 19.1 Å². The molecule has 11 heteroatoms. The van der Waals surface area contributed by atoms with Crippen LogP contribution in [0.25, 0.3) is 11.1 Å². The number of nitrogens with one attached hydrogen (secondary N) is 2. The minimum atomic E-state index is -1.00.